The third kappa shape index (κ3) is 2.70. The summed E-state index contributed by atoms with van der Waals surface area (Å²) in [6.45, 7) is 0. The summed E-state index contributed by atoms with van der Waals surface area (Å²) in [4.78, 5) is 14.2. The molecule has 0 aliphatic heterocycles. The standard InChI is InChI=1S/C13H9N2O3/c16-13-7-6-12(15(17)18)8-10(13)9-14-11-4-2-1-3-5-11/h1-2,4-9,16H/b14-9+. The average Bonchev–Trinajstić information content (AvgIpc) is 2.38. The first-order valence-corrected chi connectivity index (χ1v) is 5.14. The summed E-state index contributed by atoms with van der Waals surface area (Å²) in [5, 5.41) is 20.2. The third-order valence-corrected chi connectivity index (χ3v) is 2.27. The predicted octanol–water partition coefficient (Wildman–Crippen LogP) is 2.85. The fourth-order valence-corrected chi connectivity index (χ4v) is 1.37. The molecule has 0 unspecified atom stereocenters. The zero-order valence-corrected chi connectivity index (χ0v) is 9.28. The molecule has 0 aliphatic rings. The van der Waals surface area contributed by atoms with Crippen molar-refractivity contribution in [3.8, 4) is 5.75 Å². The SMILES string of the molecule is O=[N+]([O-])c1ccc(O)c(/C=N/c2c[c]ccc2)c1. The van der Waals surface area contributed by atoms with E-state index in [0.717, 1.165) is 0 Å². The molecule has 0 spiro atoms. The molecule has 0 saturated carbocycles. The smallest absolute Gasteiger partial charge is 0.270 e. The van der Waals surface area contributed by atoms with Crippen LogP contribution in [0.5, 0.6) is 5.75 Å². The van der Waals surface area contributed by atoms with Crippen molar-refractivity contribution in [2.45, 2.75) is 0 Å². The van der Waals surface area contributed by atoms with E-state index in [1.165, 1.54) is 24.4 Å². The Hall–Kier alpha value is -2.69. The summed E-state index contributed by atoms with van der Waals surface area (Å²) in [7, 11) is 0. The number of nitro benzene ring substituents is 1. The Morgan fingerprint density at radius 1 is 1.39 bits per heavy atom. The lowest BCUT2D eigenvalue weighted by Crippen LogP contribution is -1.90. The van der Waals surface area contributed by atoms with Crippen molar-refractivity contribution in [3.63, 3.8) is 0 Å². The van der Waals surface area contributed by atoms with Crippen LogP contribution in [0.1, 0.15) is 5.56 Å². The van der Waals surface area contributed by atoms with Crippen LogP contribution in [0.15, 0.2) is 47.5 Å². The number of aliphatic imine (C=N–C) groups is 1. The van der Waals surface area contributed by atoms with Gasteiger partial charge in [0, 0.05) is 23.9 Å². The van der Waals surface area contributed by atoms with Crippen LogP contribution < -0.4 is 0 Å². The van der Waals surface area contributed by atoms with Gasteiger partial charge in [0.1, 0.15) is 5.75 Å². The number of benzene rings is 2. The molecule has 89 valence electrons. The lowest BCUT2D eigenvalue weighted by Gasteiger charge is -1.98. The molecule has 0 atom stereocenters. The van der Waals surface area contributed by atoms with Gasteiger partial charge in [0.25, 0.3) is 5.69 Å². The van der Waals surface area contributed by atoms with E-state index in [9.17, 15) is 15.2 Å². The highest BCUT2D eigenvalue weighted by Crippen LogP contribution is 2.22. The van der Waals surface area contributed by atoms with Crippen molar-refractivity contribution in [1.29, 1.82) is 0 Å². The van der Waals surface area contributed by atoms with Gasteiger partial charge in [-0.15, -0.1) is 0 Å². The first-order valence-electron chi connectivity index (χ1n) is 5.14. The van der Waals surface area contributed by atoms with Gasteiger partial charge in [-0.05, 0) is 24.3 Å². The van der Waals surface area contributed by atoms with Crippen LogP contribution in [-0.4, -0.2) is 16.2 Å². The number of phenols is 1. The van der Waals surface area contributed by atoms with Gasteiger partial charge < -0.3 is 5.11 Å². The largest absolute Gasteiger partial charge is 0.507 e. The van der Waals surface area contributed by atoms with Crippen LogP contribution in [0.2, 0.25) is 0 Å². The number of phenolic OH excluding ortho intramolecular Hbond substituents is 1. The molecule has 1 radical (unpaired) electrons. The molecule has 0 bridgehead atoms. The van der Waals surface area contributed by atoms with Crippen molar-refractivity contribution < 1.29 is 10.0 Å². The van der Waals surface area contributed by atoms with Gasteiger partial charge >= 0.3 is 0 Å². The molecular weight excluding hydrogens is 232 g/mol. The monoisotopic (exact) mass is 241 g/mol. The zero-order chi connectivity index (χ0) is 13.0. The number of hydrogen-bond donors (Lipinski definition) is 1. The second-order valence-corrected chi connectivity index (χ2v) is 3.52. The fraction of sp³-hybridized carbons (Fsp3) is 0. The summed E-state index contributed by atoms with van der Waals surface area (Å²) in [6.07, 6.45) is 1.38. The number of hydrogen-bond acceptors (Lipinski definition) is 4. The van der Waals surface area contributed by atoms with Crippen LogP contribution in [0, 0.1) is 16.2 Å². The number of non-ortho nitro benzene ring substituents is 1. The third-order valence-electron chi connectivity index (χ3n) is 2.27. The van der Waals surface area contributed by atoms with Gasteiger partial charge in [0.05, 0.1) is 10.6 Å². The van der Waals surface area contributed by atoms with Gasteiger partial charge in [-0.25, -0.2) is 0 Å². The summed E-state index contributed by atoms with van der Waals surface area (Å²) < 4.78 is 0. The zero-order valence-electron chi connectivity index (χ0n) is 9.28. The Kier molecular flexibility index (Phi) is 3.33. The van der Waals surface area contributed by atoms with Crippen LogP contribution in [0.4, 0.5) is 11.4 Å². The molecule has 18 heavy (non-hydrogen) atoms. The molecule has 5 heteroatoms. The number of aromatic hydroxyl groups is 1. The number of rotatable bonds is 3. The highest BCUT2D eigenvalue weighted by Gasteiger charge is 2.08. The van der Waals surface area contributed by atoms with Gasteiger partial charge in [-0.1, -0.05) is 12.1 Å². The molecule has 0 aliphatic carbocycles. The van der Waals surface area contributed by atoms with E-state index in [1.54, 1.807) is 24.3 Å². The molecule has 5 nitrogen and oxygen atoms in total. The number of nitrogens with zero attached hydrogens (tertiary/aromatic N) is 2. The lowest BCUT2D eigenvalue weighted by atomic mass is 10.2. The summed E-state index contributed by atoms with van der Waals surface area (Å²) in [6, 6.07) is 13.6. The summed E-state index contributed by atoms with van der Waals surface area (Å²) in [5.41, 5.74) is 0.866. The van der Waals surface area contributed by atoms with Crippen molar-refractivity contribution in [2.75, 3.05) is 0 Å². The van der Waals surface area contributed by atoms with Crippen molar-refractivity contribution in [3.05, 3.63) is 64.2 Å². The molecule has 0 heterocycles. The second kappa shape index (κ2) is 5.09. The van der Waals surface area contributed by atoms with E-state index in [4.69, 9.17) is 0 Å². The van der Waals surface area contributed by atoms with Gasteiger partial charge in [-0.3, -0.25) is 15.1 Å². The Morgan fingerprint density at radius 3 is 2.89 bits per heavy atom. The minimum atomic E-state index is -0.521. The van der Waals surface area contributed by atoms with E-state index < -0.39 is 4.92 Å². The number of nitro groups is 1. The van der Waals surface area contributed by atoms with Crippen molar-refractivity contribution in [1.82, 2.24) is 0 Å². The van der Waals surface area contributed by atoms with E-state index >= 15 is 0 Å². The molecular formula is C13H9N2O3. The maximum Gasteiger partial charge on any atom is 0.270 e. The normalized spacial score (nSPS) is 10.7. The minimum absolute atomic E-state index is 0.0516. The molecule has 2 aromatic carbocycles. The van der Waals surface area contributed by atoms with E-state index in [-0.39, 0.29) is 11.4 Å². The average molecular weight is 241 g/mol. The van der Waals surface area contributed by atoms with Gasteiger partial charge in [-0.2, -0.15) is 0 Å². The molecule has 0 aromatic heterocycles. The summed E-state index contributed by atoms with van der Waals surface area (Å²) >= 11 is 0. The topological polar surface area (TPSA) is 75.7 Å². The molecule has 1 N–H and O–H groups in total. The Bertz CT molecular complexity index is 594. The van der Waals surface area contributed by atoms with Crippen LogP contribution in [0.25, 0.3) is 0 Å². The lowest BCUT2D eigenvalue weighted by molar-refractivity contribution is -0.384. The van der Waals surface area contributed by atoms with E-state index in [0.29, 0.717) is 11.3 Å². The van der Waals surface area contributed by atoms with Gasteiger partial charge in [0.15, 0.2) is 0 Å². The highest BCUT2D eigenvalue weighted by molar-refractivity contribution is 5.86. The van der Waals surface area contributed by atoms with Crippen molar-refractivity contribution >= 4 is 17.6 Å². The first kappa shape index (κ1) is 11.8. The Labute approximate surface area is 103 Å². The Morgan fingerprint density at radius 2 is 2.22 bits per heavy atom. The van der Waals surface area contributed by atoms with E-state index in [2.05, 4.69) is 11.1 Å². The molecule has 0 saturated heterocycles. The quantitative estimate of drug-likeness (QED) is 0.510. The predicted molar refractivity (Wildman–Crippen MR) is 67.3 cm³/mol. The van der Waals surface area contributed by atoms with Crippen LogP contribution >= 0.6 is 0 Å². The van der Waals surface area contributed by atoms with E-state index in [1.807, 2.05) is 0 Å². The maximum atomic E-state index is 10.6. The van der Waals surface area contributed by atoms with Crippen molar-refractivity contribution in [2.24, 2.45) is 4.99 Å². The maximum absolute atomic E-state index is 10.6. The molecule has 2 aromatic rings. The molecule has 0 amide bonds. The van der Waals surface area contributed by atoms with Crippen LogP contribution in [0.3, 0.4) is 0 Å². The summed E-state index contributed by atoms with van der Waals surface area (Å²) in [5.74, 6) is -0.0516. The Balaban J connectivity index is 2.31. The second-order valence-electron chi connectivity index (χ2n) is 3.52. The van der Waals surface area contributed by atoms with Crippen LogP contribution in [-0.2, 0) is 0 Å². The highest BCUT2D eigenvalue weighted by atomic mass is 16.6. The minimum Gasteiger partial charge on any atom is -0.507 e. The van der Waals surface area contributed by atoms with Gasteiger partial charge in [0.2, 0.25) is 0 Å². The molecule has 0 fully saturated rings. The fourth-order valence-electron chi connectivity index (χ4n) is 1.37. The first-order chi connectivity index (χ1) is 8.66. The molecule has 2 rings (SSSR count).